The van der Waals surface area contributed by atoms with Crippen LogP contribution in [0.1, 0.15) is 45.3 Å². The lowest BCUT2D eigenvalue weighted by atomic mass is 10.2. The minimum atomic E-state index is -2.59. The van der Waals surface area contributed by atoms with Gasteiger partial charge in [0, 0.05) is 6.61 Å². The van der Waals surface area contributed by atoms with Crippen LogP contribution in [0, 0.1) is 0 Å². The van der Waals surface area contributed by atoms with E-state index in [1.807, 2.05) is 30.3 Å². The maximum absolute atomic E-state index is 12.5. The Morgan fingerprint density at radius 2 is 1.45 bits per heavy atom. The van der Waals surface area contributed by atoms with Gasteiger partial charge < -0.3 is 9.16 Å². The number of benzene rings is 3. The van der Waals surface area contributed by atoms with Crippen molar-refractivity contribution in [3.05, 3.63) is 109 Å². The molecule has 3 rings (SSSR count). The molecule has 0 heterocycles. The van der Waals surface area contributed by atoms with Crippen molar-refractivity contribution in [1.82, 2.24) is 0 Å². The maximum Gasteiger partial charge on any atom is 0.338 e. The van der Waals surface area contributed by atoms with E-state index < -0.39 is 14.4 Å². The average Bonchev–Trinajstić information content (AvgIpc) is 2.85. The second-order valence-corrected chi connectivity index (χ2v) is 13.5. The van der Waals surface area contributed by atoms with Crippen LogP contribution in [0.3, 0.4) is 0 Å². The monoisotopic (exact) mass is 459 g/mol. The molecule has 33 heavy (non-hydrogen) atoms. The highest BCUT2D eigenvalue weighted by atomic mass is 28.4. The topological polar surface area (TPSA) is 35.5 Å². The summed E-state index contributed by atoms with van der Waals surface area (Å²) in [6.07, 6.45) is 2.45. The minimum Gasteiger partial charge on any atom is -0.455 e. The molecule has 0 amide bonds. The van der Waals surface area contributed by atoms with E-state index in [4.69, 9.17) is 10.5 Å². The Hall–Kier alpha value is -2.95. The molecule has 172 valence electrons. The van der Waals surface area contributed by atoms with Gasteiger partial charge in [-0.05, 0) is 40.4 Å². The van der Waals surface area contributed by atoms with Crippen LogP contribution in [0.4, 0.5) is 0 Å². The summed E-state index contributed by atoms with van der Waals surface area (Å²) in [4.78, 5) is 12.5. The second kappa shape index (κ2) is 11.3. The Kier molecular flexibility index (Phi) is 7.92. The third-order valence-corrected chi connectivity index (χ3v) is 10.9. The van der Waals surface area contributed by atoms with E-state index >= 15 is 0 Å². The lowest BCUT2D eigenvalue weighted by Gasteiger charge is -2.43. The molecular weight excluding hydrogens is 424 g/mol. The fourth-order valence-corrected chi connectivity index (χ4v) is 8.85. The first-order chi connectivity index (χ1) is 16.4. The first kappa shape index (κ1) is 23.2. The zero-order chi connectivity index (χ0) is 24.4. The Morgan fingerprint density at radius 3 is 1.94 bits per heavy atom. The van der Waals surface area contributed by atoms with E-state index in [1.165, 1.54) is 16.9 Å². The molecule has 1 atom stereocenters. The predicted octanol–water partition coefficient (Wildman–Crippen LogP) is 5.75. The van der Waals surface area contributed by atoms with Gasteiger partial charge in [0.05, 0.1) is 6.93 Å². The molecule has 0 aliphatic carbocycles. The highest BCUT2D eigenvalue weighted by Crippen LogP contribution is 2.36. The van der Waals surface area contributed by atoms with Crippen LogP contribution in [0.15, 0.2) is 104 Å². The molecule has 3 aromatic carbocycles. The molecule has 0 aliphatic heterocycles. The number of hydrogen-bond donors (Lipinski definition) is 0. The number of ether oxygens (including phenoxy) is 1. The SMILES string of the molecule is [2H]C=C[C@H](CCCO[Si](c1ccccc1)(c1ccccc1)C(C)(C)C)OC(=O)c1ccccc1. The second-order valence-electron chi connectivity index (χ2n) is 9.16. The molecule has 0 fully saturated rings. The molecule has 0 aliphatic rings. The first-order valence-electron chi connectivity index (χ1n) is 12.0. The van der Waals surface area contributed by atoms with Crippen LogP contribution in [0.2, 0.25) is 5.04 Å². The summed E-state index contributed by atoms with van der Waals surface area (Å²) >= 11 is 0. The highest BCUT2D eigenvalue weighted by molar-refractivity contribution is 6.99. The maximum atomic E-state index is 12.5. The molecule has 0 saturated carbocycles. The fraction of sp³-hybridized carbons (Fsp3) is 0.276. The van der Waals surface area contributed by atoms with Crippen LogP contribution in [0.25, 0.3) is 0 Å². The quantitative estimate of drug-likeness (QED) is 0.167. The number of hydrogen-bond acceptors (Lipinski definition) is 3. The number of carbonyl (C=O) groups excluding carboxylic acids is 1. The lowest BCUT2D eigenvalue weighted by molar-refractivity contribution is 0.0370. The summed E-state index contributed by atoms with van der Waals surface area (Å²) in [6.45, 7) is 8.50. The molecule has 0 unspecified atom stereocenters. The van der Waals surface area contributed by atoms with Gasteiger partial charge in [0.1, 0.15) is 6.10 Å². The molecule has 3 aromatic rings. The number of esters is 1. The van der Waals surface area contributed by atoms with Gasteiger partial charge in [-0.2, -0.15) is 0 Å². The molecule has 4 heteroatoms. The Bertz CT molecular complexity index is 1010. The summed E-state index contributed by atoms with van der Waals surface area (Å²) in [6, 6.07) is 30.0. The van der Waals surface area contributed by atoms with Gasteiger partial charge in [-0.1, -0.05) is 112 Å². The zero-order valence-electron chi connectivity index (χ0n) is 20.7. The van der Waals surface area contributed by atoms with Crippen molar-refractivity contribution in [2.24, 2.45) is 0 Å². The van der Waals surface area contributed by atoms with Crippen molar-refractivity contribution in [3.8, 4) is 0 Å². The summed E-state index contributed by atoms with van der Waals surface area (Å²) in [5.74, 6) is -0.378. The minimum absolute atomic E-state index is 0.0873. The molecule has 0 radical (unpaired) electrons. The van der Waals surface area contributed by atoms with Crippen molar-refractivity contribution >= 4 is 24.7 Å². The smallest absolute Gasteiger partial charge is 0.338 e. The zero-order valence-corrected chi connectivity index (χ0v) is 20.7. The Labute approximate surface area is 200 Å². The van der Waals surface area contributed by atoms with Crippen molar-refractivity contribution < 1.29 is 15.3 Å². The van der Waals surface area contributed by atoms with Crippen molar-refractivity contribution in [3.63, 3.8) is 0 Å². The van der Waals surface area contributed by atoms with Gasteiger partial charge in [0.25, 0.3) is 8.32 Å². The third kappa shape index (κ3) is 5.89. The molecular formula is C29H34O3Si. The van der Waals surface area contributed by atoms with E-state index in [-0.39, 0.29) is 11.0 Å². The highest BCUT2D eigenvalue weighted by Gasteiger charge is 2.49. The molecule has 0 spiro atoms. The van der Waals surface area contributed by atoms with Crippen molar-refractivity contribution in [2.45, 2.75) is 44.8 Å². The summed E-state index contributed by atoms with van der Waals surface area (Å²) in [5.41, 5.74) is 0.509. The number of carbonyl (C=O) groups is 1. The van der Waals surface area contributed by atoms with Crippen LogP contribution in [0.5, 0.6) is 0 Å². The average molecular weight is 460 g/mol. The van der Waals surface area contributed by atoms with Crippen LogP contribution in [-0.2, 0) is 9.16 Å². The fourth-order valence-electron chi connectivity index (χ4n) is 4.25. The van der Waals surface area contributed by atoms with Gasteiger partial charge >= 0.3 is 5.97 Å². The van der Waals surface area contributed by atoms with Crippen LogP contribution in [-0.4, -0.2) is 27.0 Å². The summed E-state index contributed by atoms with van der Waals surface area (Å²) in [5, 5.41) is 2.40. The largest absolute Gasteiger partial charge is 0.455 e. The number of rotatable bonds is 10. The summed E-state index contributed by atoms with van der Waals surface area (Å²) < 4.78 is 20.0. The normalized spacial score (nSPS) is 13.5. The van der Waals surface area contributed by atoms with Gasteiger partial charge in [-0.3, -0.25) is 0 Å². The van der Waals surface area contributed by atoms with E-state index in [2.05, 4.69) is 69.3 Å². The van der Waals surface area contributed by atoms with E-state index in [1.54, 1.807) is 18.2 Å². The van der Waals surface area contributed by atoms with Crippen LogP contribution < -0.4 is 10.4 Å². The molecule has 0 saturated heterocycles. The standard InChI is InChI=1S/C29H34O3Si/c1-5-25(32-28(30)24-16-9-6-10-17-24)18-15-23-31-33(29(2,3)4,26-19-11-7-12-20-26)27-21-13-8-14-22-27/h5-14,16-17,19-22,25H,1,15,18,23H2,2-4H3/t25-/m1/s1/i1D. The molecule has 3 nitrogen and oxygen atoms in total. The van der Waals surface area contributed by atoms with Gasteiger partial charge in [0.2, 0.25) is 0 Å². The molecule has 0 N–H and O–H groups in total. The predicted molar refractivity (Wildman–Crippen MR) is 139 cm³/mol. The van der Waals surface area contributed by atoms with Gasteiger partial charge in [0.15, 0.2) is 0 Å². The van der Waals surface area contributed by atoms with Gasteiger partial charge in [-0.15, -0.1) is 0 Å². The van der Waals surface area contributed by atoms with E-state index in [9.17, 15) is 4.79 Å². The van der Waals surface area contributed by atoms with Crippen molar-refractivity contribution in [2.75, 3.05) is 6.61 Å². The Balaban J connectivity index is 1.76. The van der Waals surface area contributed by atoms with Crippen molar-refractivity contribution in [1.29, 1.82) is 0 Å². The first-order valence-corrected chi connectivity index (χ1v) is 13.4. The Morgan fingerprint density at radius 1 is 0.939 bits per heavy atom. The van der Waals surface area contributed by atoms with E-state index in [0.717, 1.165) is 0 Å². The lowest BCUT2D eigenvalue weighted by Crippen LogP contribution is -2.66. The third-order valence-electron chi connectivity index (χ3n) is 5.85. The molecule has 0 aromatic heterocycles. The summed E-state index contributed by atoms with van der Waals surface area (Å²) in [7, 11) is -2.59. The molecule has 0 bridgehead atoms. The van der Waals surface area contributed by atoms with Crippen LogP contribution >= 0.6 is 0 Å². The van der Waals surface area contributed by atoms with E-state index in [0.29, 0.717) is 25.0 Å². The van der Waals surface area contributed by atoms with Gasteiger partial charge in [-0.25, -0.2) is 4.79 Å².